The Morgan fingerprint density at radius 1 is 1.41 bits per heavy atom. The van der Waals surface area contributed by atoms with Gasteiger partial charge in [-0.15, -0.1) is 0 Å². The van der Waals surface area contributed by atoms with E-state index in [9.17, 15) is 9.59 Å². The van der Waals surface area contributed by atoms with E-state index in [4.69, 9.17) is 10.8 Å². The van der Waals surface area contributed by atoms with Crippen molar-refractivity contribution in [1.82, 2.24) is 10.3 Å². The number of rotatable bonds is 4. The van der Waals surface area contributed by atoms with Crippen LogP contribution >= 0.6 is 0 Å². The average Bonchev–Trinajstić information content (AvgIpc) is 2.25. The molecule has 6 nitrogen and oxygen atoms in total. The SMILES string of the molecule is CC(C)[C@@H](NC(=O)c1ccc(N)cn1)C(=O)O. The number of carbonyl (C=O) groups is 2. The lowest BCUT2D eigenvalue weighted by atomic mass is 10.0. The van der Waals surface area contributed by atoms with Crippen molar-refractivity contribution in [3.05, 3.63) is 24.0 Å². The first-order valence-electron chi connectivity index (χ1n) is 5.17. The van der Waals surface area contributed by atoms with Crippen LogP contribution in [0.2, 0.25) is 0 Å². The number of hydrogen-bond acceptors (Lipinski definition) is 4. The van der Waals surface area contributed by atoms with Crippen molar-refractivity contribution in [2.45, 2.75) is 19.9 Å². The highest BCUT2D eigenvalue weighted by Crippen LogP contribution is 2.05. The fourth-order valence-electron chi connectivity index (χ4n) is 1.27. The molecule has 6 heteroatoms. The maximum Gasteiger partial charge on any atom is 0.326 e. The number of carbonyl (C=O) groups excluding carboxylic acids is 1. The molecule has 0 unspecified atom stereocenters. The average molecular weight is 237 g/mol. The molecule has 0 saturated carbocycles. The summed E-state index contributed by atoms with van der Waals surface area (Å²) in [6.45, 7) is 3.44. The van der Waals surface area contributed by atoms with Crippen LogP contribution < -0.4 is 11.1 Å². The Morgan fingerprint density at radius 3 is 2.47 bits per heavy atom. The van der Waals surface area contributed by atoms with E-state index >= 15 is 0 Å². The van der Waals surface area contributed by atoms with Gasteiger partial charge in [-0.1, -0.05) is 13.8 Å². The second-order valence-corrected chi connectivity index (χ2v) is 4.01. The molecule has 17 heavy (non-hydrogen) atoms. The molecule has 1 aromatic heterocycles. The van der Waals surface area contributed by atoms with Crippen LogP contribution in [0.5, 0.6) is 0 Å². The maximum atomic E-state index is 11.7. The molecule has 0 spiro atoms. The number of aliphatic carboxylic acids is 1. The van der Waals surface area contributed by atoms with Crippen LogP contribution in [0.25, 0.3) is 0 Å². The first kappa shape index (κ1) is 13.0. The number of nitrogen functional groups attached to an aromatic ring is 1. The number of nitrogens with zero attached hydrogens (tertiary/aromatic N) is 1. The van der Waals surface area contributed by atoms with Crippen molar-refractivity contribution in [2.24, 2.45) is 5.92 Å². The molecule has 0 fully saturated rings. The third kappa shape index (κ3) is 3.44. The van der Waals surface area contributed by atoms with E-state index in [2.05, 4.69) is 10.3 Å². The molecule has 0 aliphatic carbocycles. The van der Waals surface area contributed by atoms with Crippen LogP contribution in [0.4, 0.5) is 5.69 Å². The van der Waals surface area contributed by atoms with Crippen molar-refractivity contribution in [2.75, 3.05) is 5.73 Å². The summed E-state index contributed by atoms with van der Waals surface area (Å²) < 4.78 is 0. The number of anilines is 1. The molecule has 0 bridgehead atoms. The lowest BCUT2D eigenvalue weighted by molar-refractivity contribution is -0.140. The lowest BCUT2D eigenvalue weighted by Gasteiger charge is -2.17. The van der Waals surface area contributed by atoms with Crippen LogP contribution in [-0.2, 0) is 4.79 Å². The Balaban J connectivity index is 2.77. The fraction of sp³-hybridized carbons (Fsp3) is 0.364. The Labute approximate surface area is 98.8 Å². The zero-order valence-corrected chi connectivity index (χ0v) is 9.68. The maximum absolute atomic E-state index is 11.7. The van der Waals surface area contributed by atoms with Crippen molar-refractivity contribution in [1.29, 1.82) is 0 Å². The number of nitrogens with two attached hydrogens (primary N) is 1. The summed E-state index contributed by atoms with van der Waals surface area (Å²) in [5.41, 5.74) is 6.03. The van der Waals surface area contributed by atoms with E-state index in [0.29, 0.717) is 5.69 Å². The van der Waals surface area contributed by atoms with E-state index in [0.717, 1.165) is 0 Å². The predicted octanol–water partition coefficient (Wildman–Crippen LogP) is 0.503. The predicted molar refractivity (Wildman–Crippen MR) is 62.4 cm³/mol. The Kier molecular flexibility index (Phi) is 4.03. The zero-order chi connectivity index (χ0) is 13.0. The molecule has 4 N–H and O–H groups in total. The van der Waals surface area contributed by atoms with E-state index in [1.807, 2.05) is 0 Å². The number of amides is 1. The molecular weight excluding hydrogens is 222 g/mol. The van der Waals surface area contributed by atoms with Gasteiger partial charge in [-0.2, -0.15) is 0 Å². The minimum atomic E-state index is -1.07. The van der Waals surface area contributed by atoms with Gasteiger partial charge in [0.2, 0.25) is 0 Å². The van der Waals surface area contributed by atoms with Crippen LogP contribution in [0.1, 0.15) is 24.3 Å². The van der Waals surface area contributed by atoms with Crippen LogP contribution in [-0.4, -0.2) is 28.0 Å². The first-order chi connectivity index (χ1) is 7.91. The van der Waals surface area contributed by atoms with Gasteiger partial charge in [0.05, 0.1) is 11.9 Å². The minimum absolute atomic E-state index is 0.145. The fourth-order valence-corrected chi connectivity index (χ4v) is 1.27. The smallest absolute Gasteiger partial charge is 0.326 e. The molecule has 0 aromatic carbocycles. The molecular formula is C11H15N3O3. The van der Waals surface area contributed by atoms with Crippen molar-refractivity contribution >= 4 is 17.6 Å². The number of pyridine rings is 1. The van der Waals surface area contributed by atoms with Crippen LogP contribution in [0.15, 0.2) is 18.3 Å². The minimum Gasteiger partial charge on any atom is -0.480 e. The molecule has 1 atom stereocenters. The first-order valence-corrected chi connectivity index (χ1v) is 5.17. The van der Waals surface area contributed by atoms with Gasteiger partial charge in [0.1, 0.15) is 11.7 Å². The largest absolute Gasteiger partial charge is 0.480 e. The summed E-state index contributed by atoms with van der Waals surface area (Å²) >= 11 is 0. The van der Waals surface area contributed by atoms with Crippen molar-refractivity contribution < 1.29 is 14.7 Å². The highest BCUT2D eigenvalue weighted by atomic mass is 16.4. The summed E-state index contributed by atoms with van der Waals surface area (Å²) in [5, 5.41) is 11.3. The van der Waals surface area contributed by atoms with Gasteiger partial charge >= 0.3 is 5.97 Å². The highest BCUT2D eigenvalue weighted by Gasteiger charge is 2.24. The van der Waals surface area contributed by atoms with Crippen LogP contribution in [0.3, 0.4) is 0 Å². The Bertz CT molecular complexity index is 414. The molecule has 1 heterocycles. The van der Waals surface area contributed by atoms with E-state index in [-0.39, 0.29) is 11.6 Å². The standard InChI is InChI=1S/C11H15N3O3/c1-6(2)9(11(16)17)14-10(15)8-4-3-7(12)5-13-8/h3-6,9H,12H2,1-2H3,(H,14,15)(H,16,17)/t9-/m1/s1. The van der Waals surface area contributed by atoms with E-state index < -0.39 is 17.9 Å². The van der Waals surface area contributed by atoms with Gasteiger partial charge in [0, 0.05) is 0 Å². The lowest BCUT2D eigenvalue weighted by Crippen LogP contribution is -2.44. The Morgan fingerprint density at radius 2 is 2.06 bits per heavy atom. The Hall–Kier alpha value is -2.11. The molecule has 0 aliphatic rings. The molecule has 1 aromatic rings. The number of hydrogen-bond donors (Lipinski definition) is 3. The van der Waals surface area contributed by atoms with E-state index in [1.54, 1.807) is 13.8 Å². The molecule has 0 saturated heterocycles. The zero-order valence-electron chi connectivity index (χ0n) is 9.68. The van der Waals surface area contributed by atoms with Gasteiger partial charge < -0.3 is 16.2 Å². The van der Waals surface area contributed by atoms with Gasteiger partial charge in [0.15, 0.2) is 0 Å². The topological polar surface area (TPSA) is 105 Å². The molecule has 92 valence electrons. The number of carboxylic acids is 1. The van der Waals surface area contributed by atoms with Crippen molar-refractivity contribution in [3.8, 4) is 0 Å². The molecule has 1 amide bonds. The molecule has 0 aliphatic heterocycles. The summed E-state index contributed by atoms with van der Waals surface area (Å²) in [5.74, 6) is -1.79. The third-order valence-electron chi connectivity index (χ3n) is 2.24. The van der Waals surface area contributed by atoms with Gasteiger partial charge in [0.25, 0.3) is 5.91 Å². The second kappa shape index (κ2) is 5.29. The quantitative estimate of drug-likeness (QED) is 0.707. The summed E-state index contributed by atoms with van der Waals surface area (Å²) in [6, 6.07) is 2.05. The monoisotopic (exact) mass is 237 g/mol. The third-order valence-corrected chi connectivity index (χ3v) is 2.24. The summed E-state index contributed by atoms with van der Waals surface area (Å²) in [6.07, 6.45) is 1.35. The van der Waals surface area contributed by atoms with Crippen molar-refractivity contribution in [3.63, 3.8) is 0 Å². The normalized spacial score (nSPS) is 12.2. The van der Waals surface area contributed by atoms with Gasteiger partial charge in [-0.25, -0.2) is 9.78 Å². The van der Waals surface area contributed by atoms with Gasteiger partial charge in [-0.3, -0.25) is 4.79 Å². The molecule has 0 radical (unpaired) electrons. The van der Waals surface area contributed by atoms with Crippen LogP contribution in [0, 0.1) is 5.92 Å². The van der Waals surface area contributed by atoms with Gasteiger partial charge in [-0.05, 0) is 18.1 Å². The van der Waals surface area contributed by atoms with E-state index in [1.165, 1.54) is 18.3 Å². The molecule has 1 rings (SSSR count). The number of aromatic nitrogens is 1. The summed E-state index contributed by atoms with van der Waals surface area (Å²) in [7, 11) is 0. The number of carboxylic acid groups (broad SMARTS) is 1. The second-order valence-electron chi connectivity index (χ2n) is 4.01. The number of nitrogens with one attached hydrogen (secondary N) is 1. The highest BCUT2D eigenvalue weighted by molar-refractivity contribution is 5.95. The summed E-state index contributed by atoms with van der Waals surface area (Å²) in [4.78, 5) is 26.4.